The predicted octanol–water partition coefficient (Wildman–Crippen LogP) is 7.31. The number of hydrogen-bond donors (Lipinski definition) is 2. The van der Waals surface area contributed by atoms with Gasteiger partial charge < -0.3 is 48.5 Å². The maximum absolute atomic E-state index is 13.1. The summed E-state index contributed by atoms with van der Waals surface area (Å²) in [6, 6.07) is 20.5. The van der Waals surface area contributed by atoms with E-state index in [0.29, 0.717) is 73.5 Å². The lowest BCUT2D eigenvalue weighted by Gasteiger charge is -2.38. The zero-order chi connectivity index (χ0) is 47.0. The van der Waals surface area contributed by atoms with Crippen molar-refractivity contribution in [3.8, 4) is 46.0 Å². The zero-order valence-corrected chi connectivity index (χ0v) is 40.2. The molecule has 2 atom stereocenters. The summed E-state index contributed by atoms with van der Waals surface area (Å²) in [7, 11) is 13.2. The van der Waals surface area contributed by atoms with Gasteiger partial charge in [-0.3, -0.25) is 19.4 Å². The number of fused-ring (bicyclic) bond motifs is 2. The van der Waals surface area contributed by atoms with Crippen LogP contribution < -0.4 is 48.5 Å². The third kappa shape index (κ3) is 12.5. The molecule has 2 unspecified atom stereocenters. The van der Waals surface area contributed by atoms with Crippen LogP contribution in [0.25, 0.3) is 0 Å². The summed E-state index contributed by atoms with van der Waals surface area (Å²) < 4.78 is 44.8. The minimum absolute atomic E-state index is 0.0315. The molecule has 2 aliphatic rings. The third-order valence-corrected chi connectivity index (χ3v) is 13.0. The molecule has 4 aromatic carbocycles. The second kappa shape index (κ2) is 24.6. The highest BCUT2D eigenvalue weighted by Gasteiger charge is 2.32. The molecule has 2 N–H and O–H groups in total. The number of methoxy groups -OCH3 is 8. The average molecular weight is 911 g/mol. The highest BCUT2D eigenvalue weighted by molar-refractivity contribution is 5.76. The molecule has 4 aromatic rings. The molecule has 0 saturated carbocycles. The second-order valence-corrected chi connectivity index (χ2v) is 16.8. The summed E-state index contributed by atoms with van der Waals surface area (Å²) >= 11 is 0. The Hall–Kier alpha value is -5.86. The van der Waals surface area contributed by atoms with Crippen LogP contribution in [0.1, 0.15) is 84.0 Å². The van der Waals surface area contributed by atoms with Gasteiger partial charge in [0, 0.05) is 64.2 Å². The molecule has 358 valence electrons. The van der Waals surface area contributed by atoms with Gasteiger partial charge in [0.25, 0.3) is 0 Å². The monoisotopic (exact) mass is 911 g/mol. The number of hydrogen-bond acceptors (Lipinski definition) is 12. The van der Waals surface area contributed by atoms with Crippen molar-refractivity contribution < 1.29 is 47.5 Å². The van der Waals surface area contributed by atoms with E-state index >= 15 is 0 Å². The molecule has 6 rings (SSSR count). The minimum Gasteiger partial charge on any atom is -0.493 e. The van der Waals surface area contributed by atoms with Crippen LogP contribution in [0.5, 0.6) is 46.0 Å². The van der Waals surface area contributed by atoms with Gasteiger partial charge in [0.2, 0.25) is 11.8 Å². The van der Waals surface area contributed by atoms with Gasteiger partial charge in [0.15, 0.2) is 46.0 Å². The van der Waals surface area contributed by atoms with E-state index in [1.54, 1.807) is 56.9 Å². The number of benzene rings is 4. The van der Waals surface area contributed by atoms with Crippen molar-refractivity contribution >= 4 is 11.8 Å². The highest BCUT2D eigenvalue weighted by atomic mass is 16.5. The van der Waals surface area contributed by atoms with E-state index < -0.39 is 0 Å². The van der Waals surface area contributed by atoms with Crippen LogP contribution >= 0.6 is 0 Å². The molecule has 14 heteroatoms. The SMILES string of the molecule is COc1ccc(CC2c3cc(OC)c(OC)cc3CCN2CCC(=O)NCCCCCCNC(=O)CCN2CCc3cc(OC)c(OC)cc3C2Cc2ccc(OC)c(OC)c2)cc1OC. The fraction of sp³-hybridized carbons (Fsp3) is 0.500. The zero-order valence-electron chi connectivity index (χ0n) is 40.2. The first kappa shape index (κ1) is 49.6. The van der Waals surface area contributed by atoms with Crippen molar-refractivity contribution in [1.82, 2.24) is 20.4 Å². The summed E-state index contributed by atoms with van der Waals surface area (Å²) in [5.41, 5.74) is 7.03. The number of unbranched alkanes of at least 4 members (excludes halogenated alkanes) is 3. The predicted molar refractivity (Wildman–Crippen MR) is 255 cm³/mol. The van der Waals surface area contributed by atoms with Gasteiger partial charge in [-0.15, -0.1) is 0 Å². The second-order valence-electron chi connectivity index (χ2n) is 16.8. The van der Waals surface area contributed by atoms with E-state index in [9.17, 15) is 9.59 Å². The van der Waals surface area contributed by atoms with Crippen molar-refractivity contribution in [2.24, 2.45) is 0 Å². The van der Waals surface area contributed by atoms with Crippen molar-refractivity contribution in [2.45, 2.75) is 76.3 Å². The molecule has 66 heavy (non-hydrogen) atoms. The fourth-order valence-corrected chi connectivity index (χ4v) is 9.36. The molecule has 14 nitrogen and oxygen atoms in total. The largest absolute Gasteiger partial charge is 0.493 e. The molecular formula is C52H70N4O10. The van der Waals surface area contributed by atoms with Gasteiger partial charge in [-0.2, -0.15) is 0 Å². The number of amides is 2. The molecule has 2 heterocycles. The van der Waals surface area contributed by atoms with E-state index in [1.807, 2.05) is 24.3 Å². The Morgan fingerprint density at radius 3 is 1.18 bits per heavy atom. The summed E-state index contributed by atoms with van der Waals surface area (Å²) in [5.74, 6) is 5.66. The first-order valence-electron chi connectivity index (χ1n) is 23.1. The van der Waals surface area contributed by atoms with Crippen LogP contribution in [-0.4, -0.2) is 118 Å². The first-order chi connectivity index (χ1) is 32.2. The van der Waals surface area contributed by atoms with Gasteiger partial charge >= 0.3 is 0 Å². The Morgan fingerprint density at radius 2 is 0.818 bits per heavy atom. The van der Waals surface area contributed by atoms with E-state index in [2.05, 4.69) is 56.8 Å². The lowest BCUT2D eigenvalue weighted by Crippen LogP contribution is -2.39. The summed E-state index contributed by atoms with van der Waals surface area (Å²) in [6.07, 6.45) is 7.67. The Kier molecular flexibility index (Phi) is 18.5. The number of carbonyl (C=O) groups is 2. The normalized spacial score (nSPS) is 15.8. The quantitative estimate of drug-likeness (QED) is 0.0645. The molecule has 2 amide bonds. The molecule has 2 aliphatic heterocycles. The number of nitrogens with one attached hydrogen (secondary N) is 2. The number of rotatable bonds is 25. The van der Waals surface area contributed by atoms with E-state index in [-0.39, 0.29) is 23.9 Å². The van der Waals surface area contributed by atoms with Crippen molar-refractivity contribution in [3.63, 3.8) is 0 Å². The van der Waals surface area contributed by atoms with Crippen molar-refractivity contribution in [3.05, 3.63) is 94.0 Å². The maximum Gasteiger partial charge on any atom is 0.221 e. The van der Waals surface area contributed by atoms with Crippen molar-refractivity contribution in [2.75, 3.05) is 96.1 Å². The Labute approximate surface area is 391 Å². The first-order valence-corrected chi connectivity index (χ1v) is 23.1. The third-order valence-electron chi connectivity index (χ3n) is 13.0. The van der Waals surface area contributed by atoms with Gasteiger partial charge in [0.1, 0.15) is 0 Å². The summed E-state index contributed by atoms with van der Waals surface area (Å²) in [4.78, 5) is 31.0. The van der Waals surface area contributed by atoms with Gasteiger partial charge in [0.05, 0.1) is 56.9 Å². The topological polar surface area (TPSA) is 139 Å². The lowest BCUT2D eigenvalue weighted by molar-refractivity contribution is -0.122. The van der Waals surface area contributed by atoms with Gasteiger partial charge in [-0.05, 0) is 120 Å². The molecule has 0 bridgehead atoms. The average Bonchev–Trinajstić information content (AvgIpc) is 3.35. The maximum atomic E-state index is 13.1. The highest BCUT2D eigenvalue weighted by Crippen LogP contribution is 2.42. The standard InChI is InChI=1S/C52H70N4O10/c1-59-43-15-13-35(29-45(43)61-3)27-41-39-33-49(65-7)47(63-5)31-37(39)17-23-55(41)25-19-51(57)53-21-11-9-10-12-22-54-52(58)20-26-56-24-18-38-32-48(64-6)50(66-8)34-40(38)42(56)28-36-14-16-44(60-2)46(30-36)62-4/h13-16,29-34,41-42H,9-12,17-28H2,1-8H3,(H,53,57)(H,54,58). The molecule has 0 saturated heterocycles. The van der Waals surface area contributed by atoms with Crippen LogP contribution in [0, 0.1) is 0 Å². The van der Waals surface area contributed by atoms with Crippen LogP contribution in [0.15, 0.2) is 60.7 Å². The van der Waals surface area contributed by atoms with E-state index in [1.165, 1.54) is 22.3 Å². The van der Waals surface area contributed by atoms with E-state index in [0.717, 1.165) is 87.1 Å². The Bertz CT molecular complexity index is 2080. The van der Waals surface area contributed by atoms with Crippen molar-refractivity contribution in [1.29, 1.82) is 0 Å². The molecule has 0 aliphatic carbocycles. The number of nitrogens with zero attached hydrogens (tertiary/aromatic N) is 2. The molecule has 0 spiro atoms. The molecule has 0 aromatic heterocycles. The molecule has 0 radical (unpaired) electrons. The van der Waals surface area contributed by atoms with E-state index in [4.69, 9.17) is 37.9 Å². The summed E-state index contributed by atoms with van der Waals surface area (Å²) in [5, 5.41) is 6.28. The lowest BCUT2D eigenvalue weighted by atomic mass is 9.88. The molecular weight excluding hydrogens is 841 g/mol. The van der Waals surface area contributed by atoms with Crippen LogP contribution in [-0.2, 0) is 35.3 Å². The molecule has 0 fully saturated rings. The van der Waals surface area contributed by atoms with Gasteiger partial charge in [-0.25, -0.2) is 0 Å². The van der Waals surface area contributed by atoms with Crippen LogP contribution in [0.4, 0.5) is 0 Å². The van der Waals surface area contributed by atoms with Gasteiger partial charge in [-0.1, -0.05) is 25.0 Å². The van der Waals surface area contributed by atoms with Crippen LogP contribution in [0.3, 0.4) is 0 Å². The minimum atomic E-state index is 0.0315. The Balaban J connectivity index is 0.935. The number of ether oxygens (including phenoxy) is 8. The Morgan fingerprint density at radius 1 is 0.470 bits per heavy atom. The number of carbonyl (C=O) groups excluding carboxylic acids is 2. The summed E-state index contributed by atoms with van der Waals surface area (Å²) in [6.45, 7) is 4.16. The van der Waals surface area contributed by atoms with Crippen LogP contribution in [0.2, 0.25) is 0 Å². The smallest absolute Gasteiger partial charge is 0.221 e. The fourth-order valence-electron chi connectivity index (χ4n) is 9.36.